The number of halogens is 1. The Balaban J connectivity index is 0.00000190. The summed E-state index contributed by atoms with van der Waals surface area (Å²) in [5.41, 5.74) is 4.23. The summed E-state index contributed by atoms with van der Waals surface area (Å²) in [5, 5.41) is 7.34. The second kappa shape index (κ2) is 13.0. The van der Waals surface area contributed by atoms with E-state index in [4.69, 9.17) is 0 Å². The lowest BCUT2D eigenvalue weighted by Crippen LogP contribution is -2.08. The molecule has 4 heteroatoms. The van der Waals surface area contributed by atoms with Gasteiger partial charge in [-0.3, -0.25) is 9.89 Å². The molecule has 0 amide bonds. The molecule has 0 aliphatic rings. The Labute approximate surface area is 169 Å². The molecule has 0 saturated heterocycles. The van der Waals surface area contributed by atoms with E-state index in [0.717, 1.165) is 48.2 Å². The van der Waals surface area contributed by atoms with Gasteiger partial charge in [-0.2, -0.15) is 5.10 Å². The van der Waals surface area contributed by atoms with Crippen LogP contribution in [0, 0.1) is 5.82 Å². The first-order valence-electron chi connectivity index (χ1n) is 10.5. The molecule has 1 aromatic heterocycles. The van der Waals surface area contributed by atoms with Crippen molar-refractivity contribution in [2.24, 2.45) is 0 Å². The Morgan fingerprint density at radius 3 is 2.54 bits per heavy atom. The van der Waals surface area contributed by atoms with E-state index in [1.54, 1.807) is 12.1 Å². The zero-order valence-corrected chi connectivity index (χ0v) is 18.0. The maximum atomic E-state index is 13.1. The number of allylic oxidation sites excluding steroid dienone is 2. The molecule has 1 N–H and O–H groups in total. The summed E-state index contributed by atoms with van der Waals surface area (Å²) < 4.78 is 13.1. The van der Waals surface area contributed by atoms with Crippen LogP contribution in [0.4, 0.5) is 4.39 Å². The number of nitrogens with zero attached hydrogens (tertiary/aromatic N) is 1. The van der Waals surface area contributed by atoms with Crippen LogP contribution in [0.25, 0.3) is 5.57 Å². The lowest BCUT2D eigenvalue weighted by Gasteiger charge is -2.16. The first kappa shape index (κ1) is 23.8. The predicted octanol–water partition coefficient (Wildman–Crippen LogP) is 6.86. The number of Topliss-reactive ketones (excluding diaryl/α,β-unsaturated/α-hetero) is 1. The number of nitrogens with one attached hydrogen (secondary N) is 1. The monoisotopic (exact) mass is 386 g/mol. The number of carbonyl (C=O) groups excluding carboxylic acids is 1. The van der Waals surface area contributed by atoms with Crippen LogP contribution in [0.3, 0.4) is 0 Å². The minimum atomic E-state index is -0.234. The van der Waals surface area contributed by atoms with E-state index in [1.165, 1.54) is 12.1 Å². The number of H-pyrrole nitrogens is 1. The van der Waals surface area contributed by atoms with Gasteiger partial charge in [0.15, 0.2) is 0 Å². The van der Waals surface area contributed by atoms with Gasteiger partial charge in [0.25, 0.3) is 0 Å². The van der Waals surface area contributed by atoms with Crippen molar-refractivity contribution >= 4 is 11.4 Å². The average molecular weight is 387 g/mol. The first-order valence-corrected chi connectivity index (χ1v) is 10.5. The number of ketones is 1. The summed E-state index contributed by atoms with van der Waals surface area (Å²) in [6, 6.07) is 8.62. The fourth-order valence-corrected chi connectivity index (χ4v) is 3.16. The van der Waals surface area contributed by atoms with Gasteiger partial charge in [0.2, 0.25) is 0 Å². The molecule has 1 aromatic carbocycles. The van der Waals surface area contributed by atoms with E-state index in [-0.39, 0.29) is 17.5 Å². The third-order valence-corrected chi connectivity index (χ3v) is 4.82. The highest BCUT2D eigenvalue weighted by atomic mass is 19.1. The van der Waals surface area contributed by atoms with Crippen molar-refractivity contribution in [1.29, 1.82) is 0 Å². The Hall–Kier alpha value is -2.23. The Kier molecular flexibility index (Phi) is 11.1. The highest BCUT2D eigenvalue weighted by Gasteiger charge is 2.15. The third-order valence-electron chi connectivity index (χ3n) is 4.82. The standard InChI is InChI=1S/C22H29FN2O.C2H6/c1-4-7-18(17-10-12-19(23)13-11-17)14-21(26)9-6-8-20-15-22(25-24-20)16(3)5-2;1-2/h5,10-13,15,18H,4,6-9,14H2,1-3H3,(H,24,25);1-2H3/b16-5+;. The van der Waals surface area contributed by atoms with Crippen LogP contribution in [-0.2, 0) is 11.2 Å². The van der Waals surface area contributed by atoms with Crippen LogP contribution in [0.15, 0.2) is 36.4 Å². The molecular formula is C24H35FN2O. The first-order chi connectivity index (χ1) is 13.5. The topological polar surface area (TPSA) is 45.8 Å². The molecule has 1 heterocycles. The van der Waals surface area contributed by atoms with Crippen LogP contribution in [0.5, 0.6) is 0 Å². The number of benzene rings is 1. The van der Waals surface area contributed by atoms with Crippen molar-refractivity contribution in [2.45, 2.75) is 79.1 Å². The second-order valence-electron chi connectivity index (χ2n) is 6.88. The Morgan fingerprint density at radius 1 is 1.25 bits per heavy atom. The molecule has 0 aliphatic carbocycles. The van der Waals surface area contributed by atoms with Crippen molar-refractivity contribution in [3.63, 3.8) is 0 Å². The number of carbonyl (C=O) groups is 1. The molecule has 2 rings (SSSR count). The van der Waals surface area contributed by atoms with Gasteiger partial charge in [0.05, 0.1) is 5.69 Å². The van der Waals surface area contributed by atoms with Crippen LogP contribution in [0.1, 0.15) is 89.6 Å². The lowest BCUT2D eigenvalue weighted by molar-refractivity contribution is -0.119. The van der Waals surface area contributed by atoms with E-state index < -0.39 is 0 Å². The van der Waals surface area contributed by atoms with Crippen molar-refractivity contribution in [3.05, 3.63) is 59.2 Å². The highest BCUT2D eigenvalue weighted by molar-refractivity contribution is 5.79. The van der Waals surface area contributed by atoms with Gasteiger partial charge in [0, 0.05) is 18.5 Å². The van der Waals surface area contributed by atoms with Crippen molar-refractivity contribution in [2.75, 3.05) is 0 Å². The third kappa shape index (κ3) is 7.79. The molecule has 154 valence electrons. The van der Waals surface area contributed by atoms with Gasteiger partial charge >= 0.3 is 0 Å². The molecule has 3 nitrogen and oxygen atoms in total. The lowest BCUT2D eigenvalue weighted by atomic mass is 9.88. The van der Waals surface area contributed by atoms with Gasteiger partial charge in [-0.15, -0.1) is 0 Å². The van der Waals surface area contributed by atoms with Gasteiger partial charge < -0.3 is 0 Å². The SMILES string of the molecule is C/C=C(\C)c1cc(CCCC(=O)CC(CCC)c2ccc(F)cc2)[nH]n1.CC. The molecule has 2 aromatic rings. The van der Waals surface area contributed by atoms with Gasteiger partial charge in [-0.25, -0.2) is 4.39 Å². The Morgan fingerprint density at radius 2 is 1.93 bits per heavy atom. The summed E-state index contributed by atoms with van der Waals surface area (Å²) >= 11 is 0. The van der Waals surface area contributed by atoms with Crippen LogP contribution in [0.2, 0.25) is 0 Å². The van der Waals surface area contributed by atoms with Gasteiger partial charge in [-0.05, 0) is 68.4 Å². The van der Waals surface area contributed by atoms with E-state index >= 15 is 0 Å². The summed E-state index contributed by atoms with van der Waals surface area (Å²) in [7, 11) is 0. The minimum absolute atomic E-state index is 0.184. The minimum Gasteiger partial charge on any atom is -0.300 e. The number of hydrogen-bond acceptors (Lipinski definition) is 2. The normalized spacial score (nSPS) is 12.3. The molecule has 1 atom stereocenters. The summed E-state index contributed by atoms with van der Waals surface area (Å²) in [5.74, 6) is 0.226. The largest absolute Gasteiger partial charge is 0.300 e. The molecule has 28 heavy (non-hydrogen) atoms. The maximum absolute atomic E-state index is 13.1. The molecule has 0 aliphatic heterocycles. The fraction of sp³-hybridized carbons (Fsp3) is 0.500. The second-order valence-corrected chi connectivity index (χ2v) is 6.88. The number of aromatic amines is 1. The van der Waals surface area contributed by atoms with E-state index in [1.807, 2.05) is 33.8 Å². The molecule has 0 saturated carbocycles. The fourth-order valence-electron chi connectivity index (χ4n) is 3.16. The molecular weight excluding hydrogens is 351 g/mol. The van der Waals surface area contributed by atoms with Crippen LogP contribution >= 0.6 is 0 Å². The van der Waals surface area contributed by atoms with E-state index in [9.17, 15) is 9.18 Å². The summed E-state index contributed by atoms with van der Waals surface area (Å²) in [4.78, 5) is 12.4. The van der Waals surface area contributed by atoms with Gasteiger partial charge in [0.1, 0.15) is 11.6 Å². The number of aromatic nitrogens is 2. The van der Waals surface area contributed by atoms with E-state index in [0.29, 0.717) is 12.8 Å². The number of hydrogen-bond donors (Lipinski definition) is 1. The quantitative estimate of drug-likeness (QED) is 0.484. The molecule has 0 radical (unpaired) electrons. The predicted molar refractivity (Wildman–Crippen MR) is 116 cm³/mol. The molecule has 1 unspecified atom stereocenters. The zero-order valence-electron chi connectivity index (χ0n) is 18.0. The van der Waals surface area contributed by atoms with Crippen LogP contribution in [-0.4, -0.2) is 16.0 Å². The smallest absolute Gasteiger partial charge is 0.133 e. The number of rotatable bonds is 10. The summed E-state index contributed by atoms with van der Waals surface area (Å²) in [6.45, 7) is 10.1. The average Bonchev–Trinajstić information content (AvgIpc) is 3.18. The molecule has 0 spiro atoms. The van der Waals surface area contributed by atoms with E-state index in [2.05, 4.69) is 23.2 Å². The van der Waals surface area contributed by atoms with Crippen LogP contribution < -0.4 is 0 Å². The highest BCUT2D eigenvalue weighted by Crippen LogP contribution is 2.26. The summed E-state index contributed by atoms with van der Waals surface area (Å²) in [6.07, 6.45) is 6.74. The van der Waals surface area contributed by atoms with Crippen molar-refractivity contribution in [1.82, 2.24) is 10.2 Å². The maximum Gasteiger partial charge on any atom is 0.133 e. The molecule has 0 bridgehead atoms. The van der Waals surface area contributed by atoms with Gasteiger partial charge in [-0.1, -0.05) is 45.4 Å². The Bertz CT molecular complexity index is 731. The number of aryl methyl sites for hydroxylation is 1. The zero-order chi connectivity index (χ0) is 20.9. The molecule has 0 fully saturated rings. The van der Waals surface area contributed by atoms with Crippen molar-refractivity contribution in [3.8, 4) is 0 Å². The van der Waals surface area contributed by atoms with Crippen molar-refractivity contribution < 1.29 is 9.18 Å².